The zero-order chi connectivity index (χ0) is 16.2. The number of carbonyl (C=O) groups is 2. The lowest BCUT2D eigenvalue weighted by molar-refractivity contribution is 0.0529. The molecule has 0 radical (unpaired) electrons. The van der Waals surface area contributed by atoms with Gasteiger partial charge in [-0.1, -0.05) is 6.07 Å². The number of nitrogens with zero attached hydrogens (tertiary/aromatic N) is 1. The van der Waals surface area contributed by atoms with Crippen molar-refractivity contribution in [2.24, 2.45) is 0 Å². The third kappa shape index (κ3) is 3.34. The van der Waals surface area contributed by atoms with Gasteiger partial charge in [-0.15, -0.1) is 34.0 Å². The molecule has 0 aliphatic heterocycles. The van der Waals surface area contributed by atoms with Gasteiger partial charge >= 0.3 is 5.97 Å². The van der Waals surface area contributed by atoms with E-state index in [1.807, 2.05) is 22.9 Å². The van der Waals surface area contributed by atoms with Crippen LogP contribution in [0, 0.1) is 0 Å². The van der Waals surface area contributed by atoms with Crippen LogP contribution in [0.15, 0.2) is 33.8 Å². The number of carbonyl (C=O) groups excluding carboxylic acids is 2. The van der Waals surface area contributed by atoms with E-state index in [4.69, 9.17) is 4.74 Å². The zero-order valence-electron chi connectivity index (χ0n) is 12.1. The zero-order valence-corrected chi connectivity index (χ0v) is 14.5. The van der Waals surface area contributed by atoms with E-state index in [2.05, 4.69) is 10.3 Å². The number of thiophene rings is 2. The molecule has 5 nitrogen and oxygen atoms in total. The summed E-state index contributed by atoms with van der Waals surface area (Å²) in [6, 6.07) is 3.85. The molecule has 3 heterocycles. The summed E-state index contributed by atoms with van der Waals surface area (Å²) in [6.45, 7) is 2.03. The first-order chi connectivity index (χ1) is 11.2. The summed E-state index contributed by atoms with van der Waals surface area (Å²) in [7, 11) is 0. The van der Waals surface area contributed by atoms with Crippen molar-refractivity contribution < 1.29 is 14.3 Å². The molecule has 3 aromatic heterocycles. The highest BCUT2D eigenvalue weighted by molar-refractivity contribution is 7.17. The van der Waals surface area contributed by atoms with Gasteiger partial charge in [-0.05, 0) is 18.4 Å². The minimum absolute atomic E-state index is 0.276. The van der Waals surface area contributed by atoms with Gasteiger partial charge in [-0.3, -0.25) is 4.79 Å². The minimum Gasteiger partial charge on any atom is -0.462 e. The Morgan fingerprint density at radius 2 is 2.17 bits per heavy atom. The van der Waals surface area contributed by atoms with Crippen molar-refractivity contribution in [2.45, 2.75) is 6.92 Å². The Bertz CT molecular complexity index is 807. The maximum absolute atomic E-state index is 12.3. The predicted octanol–water partition coefficient (Wildman–Crippen LogP) is 4.36. The Hall–Kier alpha value is -2.03. The first-order valence-corrected chi connectivity index (χ1v) is 9.43. The topological polar surface area (TPSA) is 68.3 Å². The molecule has 0 saturated carbocycles. The second-order valence-corrected chi connectivity index (χ2v) is 6.93. The van der Waals surface area contributed by atoms with Crippen molar-refractivity contribution in [3.63, 3.8) is 0 Å². The Balaban J connectivity index is 1.96. The second kappa shape index (κ2) is 7.03. The molecule has 0 aliphatic carbocycles. The van der Waals surface area contributed by atoms with Crippen LogP contribution in [-0.4, -0.2) is 23.5 Å². The van der Waals surface area contributed by atoms with Crippen LogP contribution in [-0.2, 0) is 4.74 Å². The lowest BCUT2D eigenvalue weighted by Gasteiger charge is -2.07. The second-order valence-electron chi connectivity index (χ2n) is 4.38. The number of anilines is 1. The van der Waals surface area contributed by atoms with E-state index in [1.54, 1.807) is 17.8 Å². The highest BCUT2D eigenvalue weighted by Crippen LogP contribution is 2.38. The number of thiazole rings is 1. The first-order valence-electron chi connectivity index (χ1n) is 6.72. The van der Waals surface area contributed by atoms with E-state index >= 15 is 0 Å². The van der Waals surface area contributed by atoms with Gasteiger partial charge < -0.3 is 10.1 Å². The SMILES string of the molecule is CCOC(=O)c1c(-c2cccs2)csc1NC(=O)c1cscn1. The average molecular weight is 364 g/mol. The molecule has 23 heavy (non-hydrogen) atoms. The Kier molecular flexibility index (Phi) is 4.85. The monoisotopic (exact) mass is 364 g/mol. The molecule has 0 spiro atoms. The van der Waals surface area contributed by atoms with Gasteiger partial charge in [0.25, 0.3) is 5.91 Å². The quantitative estimate of drug-likeness (QED) is 0.683. The predicted molar refractivity (Wildman–Crippen MR) is 93.7 cm³/mol. The van der Waals surface area contributed by atoms with Gasteiger partial charge in [0.05, 0.1) is 12.1 Å². The van der Waals surface area contributed by atoms with Gasteiger partial charge in [0, 0.05) is 21.2 Å². The number of amides is 1. The summed E-state index contributed by atoms with van der Waals surface area (Å²) in [5.41, 5.74) is 3.09. The summed E-state index contributed by atoms with van der Waals surface area (Å²) in [4.78, 5) is 29.5. The van der Waals surface area contributed by atoms with Gasteiger partial charge in [0.1, 0.15) is 16.3 Å². The fraction of sp³-hybridized carbons (Fsp3) is 0.133. The average Bonchev–Trinajstić information content (AvgIpc) is 3.28. The fourth-order valence-corrected chi connectivity index (χ4v) is 4.26. The summed E-state index contributed by atoms with van der Waals surface area (Å²) >= 11 is 4.18. The molecule has 0 aliphatic rings. The molecule has 3 aromatic rings. The summed E-state index contributed by atoms with van der Waals surface area (Å²) in [5, 5.41) is 8.69. The Morgan fingerprint density at radius 3 is 2.83 bits per heavy atom. The molecule has 0 bridgehead atoms. The maximum Gasteiger partial charge on any atom is 0.341 e. The lowest BCUT2D eigenvalue weighted by Crippen LogP contribution is -2.15. The normalized spacial score (nSPS) is 10.5. The molecule has 0 atom stereocenters. The molecule has 3 rings (SSSR count). The third-order valence-electron chi connectivity index (χ3n) is 2.95. The van der Waals surface area contributed by atoms with Crippen LogP contribution in [0.4, 0.5) is 5.00 Å². The lowest BCUT2D eigenvalue weighted by atomic mass is 10.1. The molecule has 8 heteroatoms. The number of ether oxygens (including phenoxy) is 1. The summed E-state index contributed by atoms with van der Waals surface area (Å²) in [5.74, 6) is -0.776. The van der Waals surface area contributed by atoms with E-state index < -0.39 is 5.97 Å². The van der Waals surface area contributed by atoms with E-state index in [9.17, 15) is 9.59 Å². The molecule has 0 unspecified atom stereocenters. The van der Waals surface area contributed by atoms with Crippen molar-refractivity contribution in [1.82, 2.24) is 4.98 Å². The highest BCUT2D eigenvalue weighted by Gasteiger charge is 2.23. The summed E-state index contributed by atoms with van der Waals surface area (Å²) < 4.78 is 5.15. The van der Waals surface area contributed by atoms with E-state index in [0.29, 0.717) is 16.3 Å². The first kappa shape index (κ1) is 15.9. The number of hydrogen-bond acceptors (Lipinski definition) is 7. The summed E-state index contributed by atoms with van der Waals surface area (Å²) in [6.07, 6.45) is 0. The fourth-order valence-electron chi connectivity index (χ4n) is 1.96. The van der Waals surface area contributed by atoms with Gasteiger partial charge in [-0.2, -0.15) is 0 Å². The van der Waals surface area contributed by atoms with E-state index in [0.717, 1.165) is 10.4 Å². The van der Waals surface area contributed by atoms with Crippen LogP contribution < -0.4 is 5.32 Å². The molecular weight excluding hydrogens is 352 g/mol. The molecule has 118 valence electrons. The largest absolute Gasteiger partial charge is 0.462 e. The van der Waals surface area contributed by atoms with Crippen molar-refractivity contribution in [3.05, 3.63) is 45.0 Å². The minimum atomic E-state index is -0.439. The molecule has 0 saturated heterocycles. The van der Waals surface area contributed by atoms with Crippen LogP contribution in [0.3, 0.4) is 0 Å². The Labute approximate surface area is 144 Å². The van der Waals surface area contributed by atoms with Crippen LogP contribution in [0.5, 0.6) is 0 Å². The number of esters is 1. The van der Waals surface area contributed by atoms with Crippen LogP contribution >= 0.6 is 34.0 Å². The van der Waals surface area contributed by atoms with Crippen molar-refractivity contribution in [1.29, 1.82) is 0 Å². The van der Waals surface area contributed by atoms with Crippen molar-refractivity contribution in [3.8, 4) is 10.4 Å². The number of nitrogens with one attached hydrogen (secondary N) is 1. The number of rotatable bonds is 5. The maximum atomic E-state index is 12.3. The molecule has 0 fully saturated rings. The molecule has 1 amide bonds. The Morgan fingerprint density at radius 1 is 1.30 bits per heavy atom. The number of hydrogen-bond donors (Lipinski definition) is 1. The van der Waals surface area contributed by atoms with Crippen LogP contribution in [0.1, 0.15) is 27.8 Å². The van der Waals surface area contributed by atoms with Gasteiger partial charge in [-0.25, -0.2) is 9.78 Å². The highest BCUT2D eigenvalue weighted by atomic mass is 32.1. The smallest absolute Gasteiger partial charge is 0.341 e. The molecule has 0 aromatic carbocycles. The third-order valence-corrected chi connectivity index (χ3v) is 5.33. The molecule has 1 N–H and O–H groups in total. The van der Waals surface area contributed by atoms with Crippen LogP contribution in [0.25, 0.3) is 10.4 Å². The van der Waals surface area contributed by atoms with E-state index in [-0.39, 0.29) is 12.5 Å². The van der Waals surface area contributed by atoms with Gasteiger partial charge in [0.15, 0.2) is 0 Å². The van der Waals surface area contributed by atoms with Crippen molar-refractivity contribution >= 4 is 50.9 Å². The number of aromatic nitrogens is 1. The van der Waals surface area contributed by atoms with Crippen molar-refractivity contribution in [2.75, 3.05) is 11.9 Å². The standard InChI is InChI=1S/C15H12N2O3S3/c1-2-20-15(19)12-9(11-4-3-5-22-11)6-23-14(12)17-13(18)10-7-21-8-16-10/h3-8H,2H2,1H3,(H,17,18). The van der Waals surface area contributed by atoms with Crippen LogP contribution in [0.2, 0.25) is 0 Å². The van der Waals surface area contributed by atoms with Gasteiger partial charge in [0.2, 0.25) is 0 Å². The van der Waals surface area contributed by atoms with E-state index in [1.165, 1.54) is 34.0 Å². The molecular formula is C15H12N2O3S3.